The molecule has 0 atom stereocenters. The molecule has 0 aliphatic rings. The van der Waals surface area contributed by atoms with Crippen LogP contribution < -0.4 is 9.80 Å². The van der Waals surface area contributed by atoms with Crippen molar-refractivity contribution in [2.75, 3.05) is 9.80 Å². The first-order chi connectivity index (χ1) is 25.3. The van der Waals surface area contributed by atoms with Crippen LogP contribution in [0.15, 0.2) is 218 Å². The fourth-order valence-electron chi connectivity index (χ4n) is 6.68. The van der Waals surface area contributed by atoms with Gasteiger partial charge in [0.2, 0.25) is 0 Å². The second-order valence-corrected chi connectivity index (χ2v) is 12.7. The van der Waals surface area contributed by atoms with Gasteiger partial charge in [-0.3, -0.25) is 0 Å². The highest BCUT2D eigenvalue weighted by atomic mass is 15.1. The molecule has 0 fully saturated rings. The third kappa shape index (κ3) is 7.22. The molecule has 8 rings (SSSR count). The third-order valence-electron chi connectivity index (χ3n) is 9.29. The molecule has 0 radical (unpaired) electrons. The summed E-state index contributed by atoms with van der Waals surface area (Å²) in [6.45, 7) is 0. The fraction of sp³-hybridized carbons (Fsp3) is 0.0204. The van der Waals surface area contributed by atoms with Gasteiger partial charge in [-0.15, -0.1) is 0 Å². The maximum absolute atomic E-state index is 2.32. The largest absolute Gasteiger partial charge is 0.311 e. The normalized spacial score (nSPS) is 10.8. The van der Waals surface area contributed by atoms with Gasteiger partial charge in [0.25, 0.3) is 0 Å². The maximum atomic E-state index is 2.32. The minimum Gasteiger partial charge on any atom is -0.311 e. The van der Waals surface area contributed by atoms with E-state index in [1.54, 1.807) is 0 Å². The summed E-state index contributed by atoms with van der Waals surface area (Å²) in [6.07, 6.45) is 0.942. The molecule has 8 aromatic rings. The van der Waals surface area contributed by atoms with E-state index in [1.807, 2.05) is 0 Å². The van der Waals surface area contributed by atoms with Crippen LogP contribution in [0.5, 0.6) is 0 Å². The summed E-state index contributed by atoms with van der Waals surface area (Å²) in [4.78, 5) is 4.61. The minimum atomic E-state index is 0.942. The predicted molar refractivity (Wildman–Crippen MR) is 216 cm³/mol. The highest BCUT2D eigenvalue weighted by Crippen LogP contribution is 2.38. The van der Waals surface area contributed by atoms with Crippen molar-refractivity contribution in [1.29, 1.82) is 0 Å². The van der Waals surface area contributed by atoms with Crippen LogP contribution >= 0.6 is 0 Å². The minimum absolute atomic E-state index is 0.942. The molecule has 0 N–H and O–H groups in total. The third-order valence-corrected chi connectivity index (χ3v) is 9.29. The number of para-hydroxylation sites is 3. The summed E-state index contributed by atoms with van der Waals surface area (Å²) in [5.41, 5.74) is 14.1. The lowest BCUT2D eigenvalue weighted by molar-refractivity contribution is 1.19. The number of rotatable bonds is 10. The van der Waals surface area contributed by atoms with Crippen LogP contribution in [0.25, 0.3) is 22.3 Å². The highest BCUT2D eigenvalue weighted by Gasteiger charge is 2.15. The molecule has 0 unspecified atom stereocenters. The van der Waals surface area contributed by atoms with Crippen LogP contribution in [0.3, 0.4) is 0 Å². The summed E-state index contributed by atoms with van der Waals surface area (Å²) in [6, 6.07) is 77.8. The summed E-state index contributed by atoms with van der Waals surface area (Å²) in [5, 5.41) is 0. The van der Waals surface area contributed by atoms with Crippen molar-refractivity contribution in [2.24, 2.45) is 0 Å². The zero-order chi connectivity index (χ0) is 34.2. The van der Waals surface area contributed by atoms with Crippen LogP contribution in [-0.4, -0.2) is 0 Å². The molecular formula is C49H38N2. The lowest BCUT2D eigenvalue weighted by atomic mass is 10.00. The summed E-state index contributed by atoms with van der Waals surface area (Å²) in [5.74, 6) is 0. The summed E-state index contributed by atoms with van der Waals surface area (Å²) in [7, 11) is 0. The van der Waals surface area contributed by atoms with E-state index in [0.29, 0.717) is 0 Å². The Kier molecular flexibility index (Phi) is 9.21. The molecular weight excluding hydrogens is 617 g/mol. The summed E-state index contributed by atoms with van der Waals surface area (Å²) >= 11 is 0. The van der Waals surface area contributed by atoms with E-state index in [1.165, 1.54) is 33.4 Å². The molecule has 0 heterocycles. The lowest BCUT2D eigenvalue weighted by Gasteiger charge is -2.26. The first-order valence-corrected chi connectivity index (χ1v) is 17.5. The van der Waals surface area contributed by atoms with Gasteiger partial charge < -0.3 is 9.80 Å². The fourth-order valence-corrected chi connectivity index (χ4v) is 6.68. The van der Waals surface area contributed by atoms with Crippen molar-refractivity contribution in [3.8, 4) is 22.3 Å². The SMILES string of the molecule is c1ccc(Cc2ccc(-c3ccc(N(c4ccccc4)c4ccc(-c5ccc(N(c6ccccc6)c6ccccc6)cc5)cc4)cc3)cc2)cc1. The van der Waals surface area contributed by atoms with Gasteiger partial charge in [-0.05, 0) is 113 Å². The van der Waals surface area contributed by atoms with Gasteiger partial charge >= 0.3 is 0 Å². The van der Waals surface area contributed by atoms with E-state index in [4.69, 9.17) is 0 Å². The Bertz CT molecular complexity index is 2230. The molecule has 51 heavy (non-hydrogen) atoms. The predicted octanol–water partition coefficient (Wildman–Crippen LogP) is 13.6. The van der Waals surface area contributed by atoms with E-state index < -0.39 is 0 Å². The topological polar surface area (TPSA) is 6.48 Å². The number of anilines is 6. The molecule has 0 saturated heterocycles. The Labute approximate surface area is 301 Å². The molecule has 2 heteroatoms. The Morgan fingerprint density at radius 3 is 0.765 bits per heavy atom. The second kappa shape index (κ2) is 14.9. The first-order valence-electron chi connectivity index (χ1n) is 17.5. The second-order valence-electron chi connectivity index (χ2n) is 12.7. The smallest absolute Gasteiger partial charge is 0.0462 e. The van der Waals surface area contributed by atoms with E-state index in [-0.39, 0.29) is 0 Å². The Balaban J connectivity index is 1.04. The summed E-state index contributed by atoms with van der Waals surface area (Å²) < 4.78 is 0. The van der Waals surface area contributed by atoms with Crippen molar-refractivity contribution in [3.63, 3.8) is 0 Å². The standard InChI is InChI=1S/C49H38N2/c1-5-13-38(14-6-1)37-39-21-23-40(24-22-39)41-25-33-48(34-26-41)51(46-19-11-4-12-20-46)49-35-29-43(30-36-49)42-27-31-47(32-28-42)50(44-15-7-2-8-16-44)45-17-9-3-10-18-45/h1-36H,37H2. The molecule has 0 spiro atoms. The van der Waals surface area contributed by atoms with Gasteiger partial charge in [0.1, 0.15) is 0 Å². The molecule has 0 bridgehead atoms. The van der Waals surface area contributed by atoms with Crippen molar-refractivity contribution in [2.45, 2.75) is 6.42 Å². The molecule has 8 aromatic carbocycles. The average Bonchev–Trinajstić information content (AvgIpc) is 3.21. The van der Waals surface area contributed by atoms with E-state index in [0.717, 1.165) is 40.5 Å². The maximum Gasteiger partial charge on any atom is 0.0462 e. The van der Waals surface area contributed by atoms with Crippen LogP contribution in [-0.2, 0) is 6.42 Å². The molecule has 0 amide bonds. The number of nitrogens with zero attached hydrogens (tertiary/aromatic N) is 2. The molecule has 0 aliphatic carbocycles. The molecule has 0 aliphatic heterocycles. The van der Waals surface area contributed by atoms with Crippen LogP contribution in [0, 0.1) is 0 Å². The zero-order valence-corrected chi connectivity index (χ0v) is 28.4. The van der Waals surface area contributed by atoms with Crippen molar-refractivity contribution >= 4 is 34.1 Å². The van der Waals surface area contributed by atoms with Crippen molar-refractivity contribution in [1.82, 2.24) is 0 Å². The number of hydrogen-bond acceptors (Lipinski definition) is 2. The van der Waals surface area contributed by atoms with E-state index in [9.17, 15) is 0 Å². The average molecular weight is 655 g/mol. The monoisotopic (exact) mass is 654 g/mol. The first kappa shape index (κ1) is 31.6. The van der Waals surface area contributed by atoms with Gasteiger partial charge in [0.15, 0.2) is 0 Å². The van der Waals surface area contributed by atoms with Crippen LogP contribution in [0.4, 0.5) is 34.1 Å². The van der Waals surface area contributed by atoms with Gasteiger partial charge in [-0.2, -0.15) is 0 Å². The molecule has 2 nitrogen and oxygen atoms in total. The van der Waals surface area contributed by atoms with E-state index in [2.05, 4.69) is 228 Å². The Morgan fingerprint density at radius 2 is 0.451 bits per heavy atom. The van der Waals surface area contributed by atoms with Gasteiger partial charge in [-0.1, -0.05) is 146 Å². The lowest BCUT2D eigenvalue weighted by Crippen LogP contribution is -2.09. The highest BCUT2D eigenvalue weighted by molar-refractivity contribution is 5.81. The van der Waals surface area contributed by atoms with Gasteiger partial charge in [0.05, 0.1) is 0 Å². The van der Waals surface area contributed by atoms with Crippen LogP contribution in [0.2, 0.25) is 0 Å². The zero-order valence-electron chi connectivity index (χ0n) is 28.4. The Morgan fingerprint density at radius 1 is 0.216 bits per heavy atom. The number of benzene rings is 8. The van der Waals surface area contributed by atoms with Crippen LogP contribution in [0.1, 0.15) is 11.1 Å². The molecule has 244 valence electrons. The quantitative estimate of drug-likeness (QED) is 0.145. The van der Waals surface area contributed by atoms with Crippen molar-refractivity contribution in [3.05, 3.63) is 230 Å². The van der Waals surface area contributed by atoms with E-state index >= 15 is 0 Å². The van der Waals surface area contributed by atoms with Gasteiger partial charge in [0, 0.05) is 34.1 Å². The van der Waals surface area contributed by atoms with Crippen molar-refractivity contribution < 1.29 is 0 Å². The number of hydrogen-bond donors (Lipinski definition) is 0. The van der Waals surface area contributed by atoms with Gasteiger partial charge in [-0.25, -0.2) is 0 Å². The molecule has 0 saturated carbocycles. The Hall–Kier alpha value is -6.64. The molecule has 0 aromatic heterocycles.